The lowest BCUT2D eigenvalue weighted by molar-refractivity contribution is -0.161. The molecule has 1 aliphatic heterocycles. The van der Waals surface area contributed by atoms with Crippen molar-refractivity contribution >= 4 is 5.97 Å². The first-order chi connectivity index (χ1) is 12.1. The van der Waals surface area contributed by atoms with E-state index in [-0.39, 0.29) is 18.1 Å². The molecule has 1 saturated carbocycles. The summed E-state index contributed by atoms with van der Waals surface area (Å²) < 4.78 is 5.84. The summed E-state index contributed by atoms with van der Waals surface area (Å²) in [6.07, 6.45) is 3.27. The van der Waals surface area contributed by atoms with Crippen molar-refractivity contribution in [1.82, 2.24) is 15.1 Å². The van der Waals surface area contributed by atoms with E-state index >= 15 is 0 Å². The van der Waals surface area contributed by atoms with E-state index in [1.54, 1.807) is 0 Å². The maximum atomic E-state index is 11.0. The van der Waals surface area contributed by atoms with E-state index in [0.29, 0.717) is 13.2 Å². The van der Waals surface area contributed by atoms with Crippen LogP contribution in [0.3, 0.4) is 0 Å². The summed E-state index contributed by atoms with van der Waals surface area (Å²) in [5, 5.41) is 16.6. The van der Waals surface area contributed by atoms with Crippen LogP contribution in [0.2, 0.25) is 0 Å². The predicted molar refractivity (Wildman–Crippen MR) is 93.0 cm³/mol. The van der Waals surface area contributed by atoms with Crippen LogP contribution in [-0.2, 0) is 16.1 Å². The van der Waals surface area contributed by atoms with Crippen molar-refractivity contribution < 1.29 is 14.6 Å². The van der Waals surface area contributed by atoms with E-state index in [1.165, 1.54) is 6.42 Å². The number of H-pyrrole nitrogens is 1. The van der Waals surface area contributed by atoms with Crippen LogP contribution in [0, 0.1) is 0 Å². The zero-order chi connectivity index (χ0) is 17.3. The summed E-state index contributed by atoms with van der Waals surface area (Å²) in [6, 6.07) is 12.2. The highest BCUT2D eigenvalue weighted by Crippen LogP contribution is 2.41. The van der Waals surface area contributed by atoms with Crippen LogP contribution in [0.5, 0.6) is 0 Å². The van der Waals surface area contributed by atoms with Crippen molar-refractivity contribution in [2.75, 3.05) is 13.2 Å². The molecule has 1 unspecified atom stereocenters. The molecule has 25 heavy (non-hydrogen) atoms. The van der Waals surface area contributed by atoms with Gasteiger partial charge in [-0.1, -0.05) is 30.3 Å². The molecule has 1 aliphatic carbocycles. The van der Waals surface area contributed by atoms with Crippen molar-refractivity contribution in [2.24, 2.45) is 0 Å². The van der Waals surface area contributed by atoms with Gasteiger partial charge in [0.2, 0.25) is 0 Å². The number of nitrogens with zero attached hydrogens (tertiary/aromatic N) is 2. The second-order valence-corrected chi connectivity index (χ2v) is 7.13. The third kappa shape index (κ3) is 3.32. The number of nitrogens with one attached hydrogen (secondary N) is 1. The van der Waals surface area contributed by atoms with Crippen LogP contribution in [-0.4, -0.2) is 51.0 Å². The molecular formula is C19H23N3O3. The normalized spacial score (nSPS) is 22.6. The molecule has 4 rings (SSSR count). The Balaban J connectivity index is 1.49. The van der Waals surface area contributed by atoms with Gasteiger partial charge in [-0.15, -0.1) is 0 Å². The highest BCUT2D eigenvalue weighted by Gasteiger charge is 2.47. The Hall–Kier alpha value is -2.18. The molecule has 2 aliphatic rings. The molecule has 1 aromatic carbocycles. The van der Waals surface area contributed by atoms with E-state index in [4.69, 9.17) is 9.84 Å². The second-order valence-electron chi connectivity index (χ2n) is 7.13. The van der Waals surface area contributed by atoms with Crippen molar-refractivity contribution in [1.29, 1.82) is 0 Å². The number of benzene rings is 1. The molecule has 132 valence electrons. The summed E-state index contributed by atoms with van der Waals surface area (Å²) >= 11 is 0. The molecule has 0 bridgehead atoms. The van der Waals surface area contributed by atoms with E-state index in [2.05, 4.69) is 21.2 Å². The minimum Gasteiger partial charge on any atom is -0.481 e. The molecule has 1 spiro atoms. The smallest absolute Gasteiger partial charge is 0.306 e. The average Bonchev–Trinajstić information content (AvgIpc) is 3.03. The third-order valence-corrected chi connectivity index (χ3v) is 5.43. The predicted octanol–water partition coefficient (Wildman–Crippen LogP) is 2.67. The van der Waals surface area contributed by atoms with Crippen LogP contribution >= 0.6 is 0 Å². The van der Waals surface area contributed by atoms with E-state index in [0.717, 1.165) is 36.3 Å². The van der Waals surface area contributed by atoms with Gasteiger partial charge in [0.25, 0.3) is 0 Å². The second kappa shape index (κ2) is 6.61. The molecule has 6 heteroatoms. The lowest BCUT2D eigenvalue weighted by atomic mass is 9.74. The van der Waals surface area contributed by atoms with Gasteiger partial charge in [0.1, 0.15) is 0 Å². The summed E-state index contributed by atoms with van der Waals surface area (Å²) in [6.45, 7) is 2.04. The molecule has 6 nitrogen and oxygen atoms in total. The Morgan fingerprint density at radius 1 is 1.36 bits per heavy atom. The first-order valence-electron chi connectivity index (χ1n) is 8.83. The molecule has 0 amide bonds. The summed E-state index contributed by atoms with van der Waals surface area (Å²) in [7, 11) is 0. The fourth-order valence-corrected chi connectivity index (χ4v) is 3.86. The Kier molecular flexibility index (Phi) is 4.31. The van der Waals surface area contributed by atoms with E-state index in [1.807, 2.05) is 30.3 Å². The Morgan fingerprint density at radius 3 is 2.84 bits per heavy atom. The van der Waals surface area contributed by atoms with Gasteiger partial charge in [0.05, 0.1) is 24.8 Å². The van der Waals surface area contributed by atoms with Gasteiger partial charge in [-0.2, -0.15) is 5.10 Å². The van der Waals surface area contributed by atoms with Crippen LogP contribution in [0.4, 0.5) is 0 Å². The minimum atomic E-state index is -0.803. The standard InChI is InChI=1S/C19H23N3O3/c23-18(24)10-16-12-22(19(13-25-16)7-4-8-19)11-15-9-17(21-20-15)14-5-2-1-3-6-14/h1-3,5-6,9,16H,4,7-8,10-13H2,(H,20,21)(H,23,24). The first-order valence-corrected chi connectivity index (χ1v) is 8.83. The Morgan fingerprint density at radius 2 is 2.16 bits per heavy atom. The number of carboxylic acid groups (broad SMARTS) is 1. The molecular weight excluding hydrogens is 318 g/mol. The topological polar surface area (TPSA) is 78.5 Å². The van der Waals surface area contributed by atoms with Crippen LogP contribution in [0.25, 0.3) is 11.3 Å². The largest absolute Gasteiger partial charge is 0.481 e. The average molecular weight is 341 g/mol. The van der Waals surface area contributed by atoms with Crippen molar-refractivity contribution in [2.45, 2.75) is 43.9 Å². The molecule has 2 N–H and O–H groups in total. The number of aromatic nitrogens is 2. The SMILES string of the molecule is O=C(O)CC1CN(Cc2cc(-c3ccccc3)n[nH]2)C2(CCC2)CO1. The highest BCUT2D eigenvalue weighted by atomic mass is 16.5. The number of rotatable bonds is 5. The van der Waals surface area contributed by atoms with Crippen LogP contribution in [0.1, 0.15) is 31.4 Å². The van der Waals surface area contributed by atoms with Gasteiger partial charge in [-0.05, 0) is 25.3 Å². The number of carbonyl (C=O) groups is 1. The summed E-state index contributed by atoms with van der Waals surface area (Å²) in [5.74, 6) is -0.803. The first kappa shape index (κ1) is 16.3. The zero-order valence-electron chi connectivity index (χ0n) is 14.1. The van der Waals surface area contributed by atoms with Crippen molar-refractivity contribution in [3.05, 3.63) is 42.1 Å². The monoisotopic (exact) mass is 341 g/mol. The molecule has 1 aromatic heterocycles. The van der Waals surface area contributed by atoms with Crippen molar-refractivity contribution in [3.63, 3.8) is 0 Å². The third-order valence-electron chi connectivity index (χ3n) is 5.43. The molecule has 2 aromatic rings. The fraction of sp³-hybridized carbons (Fsp3) is 0.474. The van der Waals surface area contributed by atoms with Crippen LogP contribution in [0.15, 0.2) is 36.4 Å². The van der Waals surface area contributed by atoms with Gasteiger partial charge in [-0.25, -0.2) is 0 Å². The maximum absolute atomic E-state index is 11.0. The van der Waals surface area contributed by atoms with E-state index in [9.17, 15) is 4.79 Å². The number of morpholine rings is 1. The fourth-order valence-electron chi connectivity index (χ4n) is 3.86. The van der Waals surface area contributed by atoms with Gasteiger partial charge in [-0.3, -0.25) is 14.8 Å². The number of ether oxygens (including phenoxy) is 1. The molecule has 0 radical (unpaired) electrons. The van der Waals surface area contributed by atoms with Crippen LogP contribution < -0.4 is 0 Å². The summed E-state index contributed by atoms with van der Waals surface area (Å²) in [5.41, 5.74) is 3.16. The number of hydrogen-bond donors (Lipinski definition) is 2. The molecule has 2 heterocycles. The lowest BCUT2D eigenvalue weighted by Gasteiger charge is -2.54. The zero-order valence-corrected chi connectivity index (χ0v) is 14.1. The molecule has 1 atom stereocenters. The Bertz CT molecular complexity index is 739. The van der Waals surface area contributed by atoms with Gasteiger partial charge < -0.3 is 9.84 Å². The van der Waals surface area contributed by atoms with Gasteiger partial charge in [0.15, 0.2) is 0 Å². The number of aliphatic carboxylic acids is 1. The van der Waals surface area contributed by atoms with E-state index < -0.39 is 5.97 Å². The number of carboxylic acids is 1. The number of aromatic amines is 1. The van der Waals surface area contributed by atoms with Gasteiger partial charge >= 0.3 is 5.97 Å². The highest BCUT2D eigenvalue weighted by molar-refractivity contribution is 5.67. The molecule has 1 saturated heterocycles. The summed E-state index contributed by atoms with van der Waals surface area (Å²) in [4.78, 5) is 13.4. The lowest BCUT2D eigenvalue weighted by Crippen LogP contribution is -2.62. The maximum Gasteiger partial charge on any atom is 0.306 e. The molecule has 2 fully saturated rings. The number of hydrogen-bond acceptors (Lipinski definition) is 4. The van der Waals surface area contributed by atoms with Gasteiger partial charge in [0, 0.05) is 29.9 Å². The van der Waals surface area contributed by atoms with Crippen molar-refractivity contribution in [3.8, 4) is 11.3 Å². The minimum absolute atomic E-state index is 0.0603. The quantitative estimate of drug-likeness (QED) is 0.874. The Labute approximate surface area is 146 Å².